The molecule has 2 amide bonds. The predicted octanol–water partition coefficient (Wildman–Crippen LogP) is 3.68. The van der Waals surface area contributed by atoms with Gasteiger partial charge >= 0.3 is 0 Å². The summed E-state index contributed by atoms with van der Waals surface area (Å²) in [5, 5.41) is 8.81. The lowest BCUT2D eigenvalue weighted by molar-refractivity contribution is -0.114. The zero-order valence-corrected chi connectivity index (χ0v) is 18.1. The third-order valence-electron chi connectivity index (χ3n) is 4.84. The van der Waals surface area contributed by atoms with E-state index in [0.717, 1.165) is 30.9 Å². The van der Waals surface area contributed by atoms with Gasteiger partial charge in [0.05, 0.1) is 19.3 Å². The maximum Gasteiger partial charge on any atom is 0.251 e. The number of hydrogen-bond donors (Lipinski definition) is 3. The van der Waals surface area contributed by atoms with Crippen molar-refractivity contribution in [3.8, 4) is 5.75 Å². The Kier molecular flexibility index (Phi) is 8.29. The number of anilines is 2. The second-order valence-electron chi connectivity index (χ2n) is 8.05. The van der Waals surface area contributed by atoms with Crippen molar-refractivity contribution in [3.05, 3.63) is 54.1 Å². The van der Waals surface area contributed by atoms with Crippen LogP contribution in [0.3, 0.4) is 0 Å². The van der Waals surface area contributed by atoms with Crippen LogP contribution in [0.1, 0.15) is 37.0 Å². The van der Waals surface area contributed by atoms with Crippen LogP contribution < -0.4 is 20.7 Å². The van der Waals surface area contributed by atoms with Crippen molar-refractivity contribution >= 4 is 23.2 Å². The van der Waals surface area contributed by atoms with Gasteiger partial charge in [-0.05, 0) is 67.3 Å². The van der Waals surface area contributed by atoms with E-state index in [1.165, 1.54) is 0 Å². The number of amides is 2. The number of benzene rings is 2. The van der Waals surface area contributed by atoms with Crippen LogP contribution in [0.15, 0.2) is 48.5 Å². The minimum Gasteiger partial charge on any atom is -0.493 e. The fourth-order valence-electron chi connectivity index (χ4n) is 3.14. The Labute approximate surface area is 183 Å². The first-order valence-electron chi connectivity index (χ1n) is 10.8. The largest absolute Gasteiger partial charge is 0.493 e. The van der Waals surface area contributed by atoms with E-state index in [4.69, 9.17) is 9.47 Å². The summed E-state index contributed by atoms with van der Waals surface area (Å²) in [6.07, 6.45) is 2.15. The molecular formula is C24H31N3O4. The predicted molar refractivity (Wildman–Crippen MR) is 122 cm³/mol. The highest BCUT2D eigenvalue weighted by atomic mass is 16.5. The Balaban J connectivity index is 1.40. The summed E-state index contributed by atoms with van der Waals surface area (Å²) in [6, 6.07) is 14.4. The third-order valence-corrected chi connectivity index (χ3v) is 4.84. The standard InChI is InChI=1S/C24H31N3O4/c1-17(2)16-31-21-11-9-20(10-12-21)27-23(28)15-25-19-7-5-18(6-8-19)24(29)26-14-22-4-3-13-30-22/h5-12,17,22,25H,3-4,13-16H2,1-2H3,(H,26,29)(H,27,28). The minimum absolute atomic E-state index is 0.118. The molecule has 3 N–H and O–H groups in total. The highest BCUT2D eigenvalue weighted by Crippen LogP contribution is 2.17. The van der Waals surface area contributed by atoms with Crippen LogP contribution in [0.25, 0.3) is 0 Å². The van der Waals surface area contributed by atoms with Crippen molar-refractivity contribution in [1.82, 2.24) is 5.32 Å². The molecule has 1 aliphatic heterocycles. The lowest BCUT2D eigenvalue weighted by Gasteiger charge is -2.12. The average molecular weight is 426 g/mol. The summed E-state index contributed by atoms with van der Waals surface area (Å²) in [5.41, 5.74) is 2.05. The number of rotatable bonds is 10. The average Bonchev–Trinajstić information content (AvgIpc) is 3.29. The summed E-state index contributed by atoms with van der Waals surface area (Å²) in [5.74, 6) is 0.958. The topological polar surface area (TPSA) is 88.7 Å². The van der Waals surface area contributed by atoms with Gasteiger partial charge in [0.25, 0.3) is 5.91 Å². The van der Waals surface area contributed by atoms with E-state index in [-0.39, 0.29) is 24.5 Å². The van der Waals surface area contributed by atoms with Gasteiger partial charge in [0.1, 0.15) is 5.75 Å². The van der Waals surface area contributed by atoms with E-state index in [1.807, 2.05) is 24.3 Å². The Hall–Kier alpha value is -3.06. The molecule has 7 heteroatoms. The van der Waals surface area contributed by atoms with Crippen molar-refractivity contribution in [3.63, 3.8) is 0 Å². The smallest absolute Gasteiger partial charge is 0.251 e. The van der Waals surface area contributed by atoms with Gasteiger partial charge in [0.15, 0.2) is 0 Å². The van der Waals surface area contributed by atoms with E-state index in [0.29, 0.717) is 30.3 Å². The molecule has 166 valence electrons. The van der Waals surface area contributed by atoms with Gasteiger partial charge in [-0.15, -0.1) is 0 Å². The maximum atomic E-state index is 12.2. The van der Waals surface area contributed by atoms with E-state index < -0.39 is 0 Å². The molecule has 1 unspecified atom stereocenters. The molecule has 0 aliphatic carbocycles. The Bertz CT molecular complexity index is 844. The van der Waals surface area contributed by atoms with Crippen LogP contribution in [-0.4, -0.2) is 44.2 Å². The highest BCUT2D eigenvalue weighted by molar-refractivity contribution is 5.95. The molecule has 0 spiro atoms. The quantitative estimate of drug-likeness (QED) is 0.540. The van der Waals surface area contributed by atoms with Gasteiger partial charge in [-0.1, -0.05) is 13.8 Å². The summed E-state index contributed by atoms with van der Waals surface area (Å²) < 4.78 is 11.2. The molecule has 2 aromatic rings. The molecule has 31 heavy (non-hydrogen) atoms. The van der Waals surface area contributed by atoms with Crippen LogP contribution in [0.2, 0.25) is 0 Å². The lowest BCUT2D eigenvalue weighted by Crippen LogP contribution is -2.31. The van der Waals surface area contributed by atoms with E-state index in [1.54, 1.807) is 24.3 Å². The normalized spacial score (nSPS) is 15.5. The number of carbonyl (C=O) groups excluding carboxylic acids is 2. The molecule has 1 heterocycles. The molecule has 3 rings (SSSR count). The molecule has 1 atom stereocenters. The zero-order chi connectivity index (χ0) is 22.1. The monoisotopic (exact) mass is 425 g/mol. The molecule has 1 fully saturated rings. The molecule has 0 bridgehead atoms. The summed E-state index contributed by atoms with van der Waals surface area (Å²) in [6.45, 7) is 6.27. The van der Waals surface area contributed by atoms with Gasteiger partial charge in [-0.2, -0.15) is 0 Å². The Morgan fingerprint density at radius 2 is 1.77 bits per heavy atom. The second kappa shape index (κ2) is 11.4. The highest BCUT2D eigenvalue weighted by Gasteiger charge is 2.16. The van der Waals surface area contributed by atoms with Gasteiger partial charge in [-0.25, -0.2) is 0 Å². The van der Waals surface area contributed by atoms with Crippen LogP contribution in [0, 0.1) is 5.92 Å². The molecular weight excluding hydrogens is 394 g/mol. The molecule has 2 aromatic carbocycles. The SMILES string of the molecule is CC(C)COc1ccc(NC(=O)CNc2ccc(C(=O)NCC3CCCO3)cc2)cc1. The van der Waals surface area contributed by atoms with Crippen LogP contribution in [0.4, 0.5) is 11.4 Å². The number of carbonyl (C=O) groups is 2. The molecule has 0 saturated carbocycles. The molecule has 1 aliphatic rings. The Morgan fingerprint density at radius 1 is 1.06 bits per heavy atom. The van der Waals surface area contributed by atoms with Gasteiger partial charge in [-0.3, -0.25) is 9.59 Å². The van der Waals surface area contributed by atoms with Crippen molar-refractivity contribution in [1.29, 1.82) is 0 Å². The van der Waals surface area contributed by atoms with Crippen LogP contribution in [-0.2, 0) is 9.53 Å². The first-order valence-corrected chi connectivity index (χ1v) is 10.8. The first-order chi connectivity index (χ1) is 15.0. The summed E-state index contributed by atoms with van der Waals surface area (Å²) >= 11 is 0. The fourth-order valence-corrected chi connectivity index (χ4v) is 3.14. The third kappa shape index (κ3) is 7.61. The Morgan fingerprint density at radius 3 is 2.42 bits per heavy atom. The molecule has 7 nitrogen and oxygen atoms in total. The molecule has 0 aromatic heterocycles. The summed E-state index contributed by atoms with van der Waals surface area (Å²) in [4.78, 5) is 24.4. The maximum absolute atomic E-state index is 12.2. The second-order valence-corrected chi connectivity index (χ2v) is 8.05. The number of hydrogen-bond acceptors (Lipinski definition) is 5. The van der Waals surface area contributed by atoms with Crippen LogP contribution in [0.5, 0.6) is 5.75 Å². The first kappa shape index (κ1) is 22.6. The van der Waals surface area contributed by atoms with Crippen molar-refractivity contribution in [2.45, 2.75) is 32.8 Å². The van der Waals surface area contributed by atoms with Gasteiger partial charge < -0.3 is 25.4 Å². The molecule has 0 radical (unpaired) electrons. The lowest BCUT2D eigenvalue weighted by atomic mass is 10.2. The van der Waals surface area contributed by atoms with Crippen molar-refractivity contribution < 1.29 is 19.1 Å². The fraction of sp³-hybridized carbons (Fsp3) is 0.417. The number of nitrogens with one attached hydrogen (secondary N) is 3. The summed E-state index contributed by atoms with van der Waals surface area (Å²) in [7, 11) is 0. The van der Waals surface area contributed by atoms with Gasteiger partial charge in [0.2, 0.25) is 5.91 Å². The van der Waals surface area contributed by atoms with Gasteiger partial charge in [0, 0.05) is 30.1 Å². The van der Waals surface area contributed by atoms with Crippen LogP contribution >= 0.6 is 0 Å². The van der Waals surface area contributed by atoms with E-state index in [9.17, 15) is 9.59 Å². The number of ether oxygens (including phenoxy) is 2. The van der Waals surface area contributed by atoms with Crippen molar-refractivity contribution in [2.75, 3.05) is 36.9 Å². The van der Waals surface area contributed by atoms with Crippen molar-refractivity contribution in [2.24, 2.45) is 5.92 Å². The van der Waals surface area contributed by atoms with E-state index >= 15 is 0 Å². The minimum atomic E-state index is -0.158. The van der Waals surface area contributed by atoms with E-state index in [2.05, 4.69) is 29.8 Å². The molecule has 1 saturated heterocycles. The zero-order valence-electron chi connectivity index (χ0n) is 18.1.